The van der Waals surface area contributed by atoms with Crippen LogP contribution in [-0.4, -0.2) is 5.91 Å². The molecular formula is C17H17FN2OS. The number of nitrogens with one attached hydrogen (secondary N) is 2. The highest BCUT2D eigenvalue weighted by molar-refractivity contribution is 8.00. The second-order valence-electron chi connectivity index (χ2n) is 4.63. The normalized spacial score (nSPS) is 11.1. The molecule has 22 heavy (non-hydrogen) atoms. The number of halogens is 1. The predicted molar refractivity (Wildman–Crippen MR) is 89.2 cm³/mol. The van der Waals surface area contributed by atoms with Crippen LogP contribution in [0, 0.1) is 5.82 Å². The van der Waals surface area contributed by atoms with Crippen LogP contribution in [0.5, 0.6) is 0 Å². The molecule has 0 fully saturated rings. The fourth-order valence-electron chi connectivity index (χ4n) is 1.73. The van der Waals surface area contributed by atoms with Crippen LogP contribution in [0.3, 0.4) is 0 Å². The maximum absolute atomic E-state index is 13.2. The number of para-hydroxylation sites is 1. The molecule has 2 aromatic carbocycles. The first kappa shape index (κ1) is 16.1. The van der Waals surface area contributed by atoms with Crippen molar-refractivity contribution in [3.05, 3.63) is 71.7 Å². The molecule has 1 amide bonds. The van der Waals surface area contributed by atoms with Crippen molar-refractivity contribution in [1.82, 2.24) is 5.32 Å². The molecule has 0 atom stereocenters. The molecule has 0 saturated carbocycles. The van der Waals surface area contributed by atoms with Crippen molar-refractivity contribution in [2.45, 2.75) is 18.7 Å². The van der Waals surface area contributed by atoms with Gasteiger partial charge in [0, 0.05) is 10.6 Å². The summed E-state index contributed by atoms with van der Waals surface area (Å²) in [5.41, 5.74) is 2.00. The lowest BCUT2D eigenvalue weighted by Crippen LogP contribution is -2.22. The maximum Gasteiger partial charge on any atom is 0.257 e. The van der Waals surface area contributed by atoms with E-state index >= 15 is 0 Å². The van der Waals surface area contributed by atoms with Crippen molar-refractivity contribution in [2.24, 2.45) is 0 Å². The molecule has 114 valence electrons. The lowest BCUT2D eigenvalue weighted by atomic mass is 10.1. The lowest BCUT2D eigenvalue weighted by molar-refractivity contribution is 0.0967. The van der Waals surface area contributed by atoms with Gasteiger partial charge in [-0.3, -0.25) is 4.79 Å². The molecule has 0 saturated heterocycles. The number of carbonyl (C=O) groups is 1. The smallest absolute Gasteiger partial charge is 0.257 e. The Morgan fingerprint density at radius 3 is 2.68 bits per heavy atom. The SMILES string of the molecule is C/C=C(\C)NC(=O)c1ccccc1NSc1cccc(F)c1. The molecule has 0 unspecified atom stereocenters. The quantitative estimate of drug-likeness (QED) is 0.792. The molecule has 3 nitrogen and oxygen atoms in total. The molecule has 2 rings (SSSR count). The Hall–Kier alpha value is -2.27. The van der Waals surface area contributed by atoms with Gasteiger partial charge < -0.3 is 10.0 Å². The van der Waals surface area contributed by atoms with E-state index in [4.69, 9.17) is 0 Å². The number of hydrogen-bond acceptors (Lipinski definition) is 3. The van der Waals surface area contributed by atoms with Gasteiger partial charge in [0.25, 0.3) is 5.91 Å². The molecule has 2 aromatic rings. The van der Waals surface area contributed by atoms with Crippen molar-refractivity contribution >= 4 is 23.5 Å². The van der Waals surface area contributed by atoms with Crippen molar-refractivity contribution < 1.29 is 9.18 Å². The zero-order valence-electron chi connectivity index (χ0n) is 12.4. The van der Waals surface area contributed by atoms with Gasteiger partial charge in [-0.15, -0.1) is 0 Å². The van der Waals surface area contributed by atoms with Gasteiger partial charge in [-0.2, -0.15) is 0 Å². The highest BCUT2D eigenvalue weighted by Crippen LogP contribution is 2.24. The first-order valence-corrected chi connectivity index (χ1v) is 7.63. The van der Waals surface area contributed by atoms with Crippen molar-refractivity contribution in [3.63, 3.8) is 0 Å². The van der Waals surface area contributed by atoms with E-state index in [9.17, 15) is 9.18 Å². The van der Waals surface area contributed by atoms with E-state index in [1.54, 1.807) is 24.3 Å². The van der Waals surface area contributed by atoms with Gasteiger partial charge in [-0.05, 0) is 56.1 Å². The number of carbonyl (C=O) groups excluding carboxylic acids is 1. The van der Waals surface area contributed by atoms with Crippen LogP contribution < -0.4 is 10.0 Å². The third kappa shape index (κ3) is 4.36. The summed E-state index contributed by atoms with van der Waals surface area (Å²) >= 11 is 1.26. The second kappa shape index (κ2) is 7.66. The Labute approximate surface area is 133 Å². The van der Waals surface area contributed by atoms with Gasteiger partial charge in [0.05, 0.1) is 11.3 Å². The van der Waals surface area contributed by atoms with Crippen LogP contribution >= 0.6 is 11.9 Å². The minimum atomic E-state index is -0.290. The predicted octanol–water partition coefficient (Wildman–Crippen LogP) is 4.60. The van der Waals surface area contributed by atoms with E-state index in [0.29, 0.717) is 11.3 Å². The summed E-state index contributed by atoms with van der Waals surface area (Å²) in [6.45, 7) is 3.69. The van der Waals surface area contributed by atoms with Gasteiger partial charge in [-0.25, -0.2) is 4.39 Å². The first-order valence-electron chi connectivity index (χ1n) is 6.82. The summed E-state index contributed by atoms with van der Waals surface area (Å²) in [6.07, 6.45) is 1.83. The van der Waals surface area contributed by atoms with E-state index < -0.39 is 0 Å². The molecule has 0 spiro atoms. The van der Waals surface area contributed by atoms with Gasteiger partial charge in [0.1, 0.15) is 5.82 Å². The summed E-state index contributed by atoms with van der Waals surface area (Å²) in [5.74, 6) is -0.472. The van der Waals surface area contributed by atoms with E-state index in [0.717, 1.165) is 10.6 Å². The highest BCUT2D eigenvalue weighted by atomic mass is 32.2. The molecule has 2 N–H and O–H groups in total. The van der Waals surface area contributed by atoms with Crippen LogP contribution in [0.15, 0.2) is 65.2 Å². The van der Waals surface area contributed by atoms with Crippen LogP contribution in [0.2, 0.25) is 0 Å². The van der Waals surface area contributed by atoms with Gasteiger partial charge in [0.2, 0.25) is 0 Å². The molecule has 0 heterocycles. The van der Waals surface area contributed by atoms with E-state index in [-0.39, 0.29) is 11.7 Å². The largest absolute Gasteiger partial charge is 0.326 e. The summed E-state index contributed by atoms with van der Waals surface area (Å²) in [7, 11) is 0. The Kier molecular flexibility index (Phi) is 5.61. The first-order chi connectivity index (χ1) is 10.6. The number of hydrogen-bond donors (Lipinski definition) is 2. The van der Waals surface area contributed by atoms with Crippen molar-refractivity contribution in [2.75, 3.05) is 4.72 Å². The minimum absolute atomic E-state index is 0.182. The fraction of sp³-hybridized carbons (Fsp3) is 0.118. The highest BCUT2D eigenvalue weighted by Gasteiger charge is 2.11. The number of benzene rings is 2. The Morgan fingerprint density at radius 1 is 1.18 bits per heavy atom. The molecule has 0 aliphatic rings. The second-order valence-corrected chi connectivity index (χ2v) is 5.51. The van der Waals surface area contributed by atoms with Gasteiger partial charge in [-0.1, -0.05) is 24.3 Å². The summed E-state index contributed by atoms with van der Waals surface area (Å²) < 4.78 is 16.3. The van der Waals surface area contributed by atoms with Crippen LogP contribution in [0.1, 0.15) is 24.2 Å². The number of anilines is 1. The van der Waals surface area contributed by atoms with Crippen LogP contribution in [-0.2, 0) is 0 Å². The number of rotatable bonds is 5. The topological polar surface area (TPSA) is 41.1 Å². The monoisotopic (exact) mass is 316 g/mol. The minimum Gasteiger partial charge on any atom is -0.326 e. The zero-order chi connectivity index (χ0) is 15.9. The third-order valence-electron chi connectivity index (χ3n) is 2.99. The molecule has 5 heteroatoms. The summed E-state index contributed by atoms with van der Waals surface area (Å²) in [5, 5.41) is 2.81. The third-order valence-corrected chi connectivity index (χ3v) is 3.80. The molecule has 0 radical (unpaired) electrons. The van der Waals surface area contributed by atoms with E-state index in [1.807, 2.05) is 32.1 Å². The maximum atomic E-state index is 13.2. The molecular weight excluding hydrogens is 299 g/mol. The standard InChI is InChI=1S/C17H17FN2OS/c1-3-12(2)19-17(21)15-9-4-5-10-16(15)20-22-14-8-6-7-13(18)11-14/h3-11,20H,1-2H3,(H,19,21)/b12-3+. The van der Waals surface area contributed by atoms with Crippen molar-refractivity contribution in [3.8, 4) is 0 Å². The van der Waals surface area contributed by atoms with E-state index in [1.165, 1.54) is 24.1 Å². The van der Waals surface area contributed by atoms with Gasteiger partial charge in [0.15, 0.2) is 0 Å². The molecule has 0 aliphatic heterocycles. The van der Waals surface area contributed by atoms with Crippen LogP contribution in [0.25, 0.3) is 0 Å². The summed E-state index contributed by atoms with van der Waals surface area (Å²) in [6, 6.07) is 13.5. The van der Waals surface area contributed by atoms with Gasteiger partial charge >= 0.3 is 0 Å². The Bertz CT molecular complexity index is 701. The Balaban J connectivity index is 2.13. The molecule has 0 bridgehead atoms. The fourth-order valence-corrected chi connectivity index (χ4v) is 2.46. The number of allylic oxidation sites excluding steroid dienone is 2. The van der Waals surface area contributed by atoms with Crippen LogP contribution in [0.4, 0.5) is 10.1 Å². The summed E-state index contributed by atoms with van der Waals surface area (Å²) in [4.78, 5) is 13.0. The molecule has 0 aliphatic carbocycles. The Morgan fingerprint density at radius 2 is 1.95 bits per heavy atom. The molecule has 0 aromatic heterocycles. The lowest BCUT2D eigenvalue weighted by Gasteiger charge is -2.11. The average Bonchev–Trinajstić information content (AvgIpc) is 2.53. The number of amides is 1. The average molecular weight is 316 g/mol. The van der Waals surface area contributed by atoms with Crippen molar-refractivity contribution in [1.29, 1.82) is 0 Å². The zero-order valence-corrected chi connectivity index (χ0v) is 13.2. The van der Waals surface area contributed by atoms with E-state index in [2.05, 4.69) is 10.0 Å².